The highest BCUT2D eigenvalue weighted by Gasteiger charge is 2.59. The maximum absolute atomic E-state index is 10.6. The molecule has 16 nitrogen and oxygen atoms in total. The van der Waals surface area contributed by atoms with Crippen molar-refractivity contribution >= 4 is 0 Å². The highest BCUT2D eigenvalue weighted by molar-refractivity contribution is 4.99. The zero-order chi connectivity index (χ0) is 25.4. The summed E-state index contributed by atoms with van der Waals surface area (Å²) in [4.78, 5) is 0. The summed E-state index contributed by atoms with van der Waals surface area (Å²) in [5.74, 6) is -2.41. The number of ether oxygens (including phenoxy) is 5. The van der Waals surface area contributed by atoms with Gasteiger partial charge in [0.2, 0.25) is 5.79 Å². The maximum Gasteiger partial charge on any atom is 0.224 e. The minimum Gasteiger partial charge on any atom is -0.394 e. The molecule has 200 valence electrons. The third-order valence-electron chi connectivity index (χ3n) is 6.19. The van der Waals surface area contributed by atoms with Gasteiger partial charge < -0.3 is 79.9 Å². The van der Waals surface area contributed by atoms with Crippen molar-refractivity contribution in [3.8, 4) is 0 Å². The van der Waals surface area contributed by atoms with Gasteiger partial charge >= 0.3 is 0 Å². The molecule has 0 aromatic rings. The fourth-order valence-electron chi connectivity index (χ4n) is 4.10. The predicted octanol–water partition coefficient (Wildman–Crippen LogP) is -7.57. The molecule has 3 fully saturated rings. The summed E-state index contributed by atoms with van der Waals surface area (Å²) in [7, 11) is 0. The number of aliphatic hydroxyl groups is 11. The third kappa shape index (κ3) is 4.96. The van der Waals surface area contributed by atoms with Crippen molar-refractivity contribution in [2.24, 2.45) is 0 Å². The van der Waals surface area contributed by atoms with E-state index in [4.69, 9.17) is 23.7 Å². The summed E-state index contributed by atoms with van der Waals surface area (Å²) < 4.78 is 26.9. The van der Waals surface area contributed by atoms with E-state index in [0.717, 1.165) is 0 Å². The molecule has 14 atom stereocenters. The summed E-state index contributed by atoms with van der Waals surface area (Å²) in [6, 6.07) is 0. The van der Waals surface area contributed by atoms with Crippen LogP contribution in [0.15, 0.2) is 0 Å². The summed E-state index contributed by atoms with van der Waals surface area (Å²) in [5, 5.41) is 109. The van der Waals surface area contributed by atoms with Crippen LogP contribution in [0.2, 0.25) is 0 Å². The molecule has 0 unspecified atom stereocenters. The van der Waals surface area contributed by atoms with Gasteiger partial charge in [0, 0.05) is 0 Å². The first-order chi connectivity index (χ1) is 16.0. The first-order valence-electron chi connectivity index (χ1n) is 10.6. The quantitative estimate of drug-likeness (QED) is 0.146. The summed E-state index contributed by atoms with van der Waals surface area (Å²) in [5.41, 5.74) is 0. The van der Waals surface area contributed by atoms with Crippen LogP contribution in [-0.2, 0) is 23.7 Å². The van der Waals surface area contributed by atoms with Crippen LogP contribution < -0.4 is 0 Å². The Balaban J connectivity index is 1.87. The molecule has 0 bridgehead atoms. The highest BCUT2D eigenvalue weighted by atomic mass is 16.8. The van der Waals surface area contributed by atoms with Gasteiger partial charge in [-0.05, 0) is 0 Å². The fourth-order valence-corrected chi connectivity index (χ4v) is 4.10. The second-order valence-electron chi connectivity index (χ2n) is 8.37. The lowest BCUT2D eigenvalue weighted by molar-refractivity contribution is -0.408. The van der Waals surface area contributed by atoms with Crippen LogP contribution in [0.3, 0.4) is 0 Å². The van der Waals surface area contributed by atoms with Gasteiger partial charge in [-0.2, -0.15) is 0 Å². The molecule has 3 heterocycles. The van der Waals surface area contributed by atoms with Crippen molar-refractivity contribution in [1.82, 2.24) is 0 Å². The third-order valence-corrected chi connectivity index (χ3v) is 6.19. The van der Waals surface area contributed by atoms with E-state index in [1.165, 1.54) is 0 Å². The van der Waals surface area contributed by atoms with Gasteiger partial charge in [0.15, 0.2) is 12.6 Å². The van der Waals surface area contributed by atoms with Crippen LogP contribution in [0.25, 0.3) is 0 Å². The van der Waals surface area contributed by atoms with E-state index >= 15 is 0 Å². The Bertz CT molecular complexity index is 653. The zero-order valence-electron chi connectivity index (χ0n) is 17.8. The predicted molar refractivity (Wildman–Crippen MR) is 101 cm³/mol. The van der Waals surface area contributed by atoms with E-state index < -0.39 is 112 Å². The standard InChI is InChI=1S/C18H32O16/c19-1-5-8(23)11(26)13(28)16(30-5)32-14-12(27)9(24)6(2-20)31-17(14)34-18(4-22)15(29)10(25)7(3-21)33-18/h5-17,19-29H,1-4H2/t5-,6+,7-,8+,9-,10-,11+,12+,13-,14-,15+,16+,17+,18-/m0/s1. The molecule has 11 N–H and O–H groups in total. The molecule has 0 aliphatic carbocycles. The normalized spacial score (nSPS) is 52.1. The highest BCUT2D eigenvalue weighted by Crippen LogP contribution is 2.37. The molecule has 3 aliphatic rings. The average molecular weight is 504 g/mol. The second kappa shape index (κ2) is 11.2. The molecule has 0 radical (unpaired) electrons. The monoisotopic (exact) mass is 504 g/mol. The number of hydrogen-bond donors (Lipinski definition) is 11. The number of hydrogen-bond acceptors (Lipinski definition) is 16. The minimum absolute atomic E-state index is 0.764. The van der Waals surface area contributed by atoms with Gasteiger partial charge in [-0.1, -0.05) is 0 Å². The lowest BCUT2D eigenvalue weighted by Gasteiger charge is -2.47. The van der Waals surface area contributed by atoms with Crippen LogP contribution in [0.4, 0.5) is 0 Å². The molecule has 3 saturated heterocycles. The van der Waals surface area contributed by atoms with Gasteiger partial charge in [0.05, 0.1) is 19.8 Å². The molecular weight excluding hydrogens is 472 g/mol. The SMILES string of the molecule is OC[C@@H]1O[C@H](O[C@@H]2[C@@H](O[C@]3(CO)O[C@@H](CO)[C@H](O)[C@H]3O)O[C@H](CO)[C@H](O)[C@H]2O)[C@@H](O)[C@H](O)[C@@H]1O. The molecule has 0 saturated carbocycles. The van der Waals surface area contributed by atoms with Crippen LogP contribution in [-0.4, -0.2) is 168 Å². The largest absolute Gasteiger partial charge is 0.394 e. The van der Waals surface area contributed by atoms with Gasteiger partial charge in [0.25, 0.3) is 0 Å². The molecule has 0 amide bonds. The lowest BCUT2D eigenvalue weighted by Crippen LogP contribution is -2.66. The van der Waals surface area contributed by atoms with E-state index in [2.05, 4.69) is 0 Å². The van der Waals surface area contributed by atoms with Gasteiger partial charge in [-0.15, -0.1) is 0 Å². The van der Waals surface area contributed by atoms with Crippen molar-refractivity contribution < 1.29 is 79.9 Å². The Morgan fingerprint density at radius 1 is 0.588 bits per heavy atom. The van der Waals surface area contributed by atoms with Crippen molar-refractivity contribution in [3.63, 3.8) is 0 Å². The zero-order valence-corrected chi connectivity index (χ0v) is 17.8. The topological polar surface area (TPSA) is 269 Å². The summed E-state index contributed by atoms with van der Waals surface area (Å²) >= 11 is 0. The van der Waals surface area contributed by atoms with Gasteiger partial charge in [-0.25, -0.2) is 0 Å². The Labute approximate surface area is 192 Å². The smallest absolute Gasteiger partial charge is 0.224 e. The van der Waals surface area contributed by atoms with E-state index in [0.29, 0.717) is 0 Å². The second-order valence-corrected chi connectivity index (χ2v) is 8.37. The first kappa shape index (κ1) is 27.9. The number of aliphatic hydroxyl groups excluding tert-OH is 11. The molecular formula is C18H32O16. The molecule has 34 heavy (non-hydrogen) atoms. The Morgan fingerprint density at radius 2 is 1.12 bits per heavy atom. The van der Waals surface area contributed by atoms with Crippen molar-refractivity contribution in [1.29, 1.82) is 0 Å². The minimum atomic E-state index is -2.41. The molecule has 3 rings (SSSR count). The number of rotatable bonds is 8. The van der Waals surface area contributed by atoms with E-state index in [1.54, 1.807) is 0 Å². The lowest BCUT2D eigenvalue weighted by atomic mass is 9.97. The van der Waals surface area contributed by atoms with E-state index in [9.17, 15) is 56.2 Å². The Morgan fingerprint density at radius 3 is 1.62 bits per heavy atom. The van der Waals surface area contributed by atoms with Crippen LogP contribution in [0.5, 0.6) is 0 Å². The molecule has 0 spiro atoms. The van der Waals surface area contributed by atoms with Gasteiger partial charge in [-0.3, -0.25) is 0 Å². The summed E-state index contributed by atoms with van der Waals surface area (Å²) in [6.07, 6.45) is -22.4. The molecule has 0 aromatic heterocycles. The van der Waals surface area contributed by atoms with Crippen LogP contribution >= 0.6 is 0 Å². The van der Waals surface area contributed by atoms with Crippen molar-refractivity contribution in [2.45, 2.75) is 85.5 Å². The van der Waals surface area contributed by atoms with Crippen molar-refractivity contribution in [2.75, 3.05) is 26.4 Å². The van der Waals surface area contributed by atoms with E-state index in [-0.39, 0.29) is 0 Å². The maximum atomic E-state index is 10.6. The molecule has 3 aliphatic heterocycles. The Kier molecular flexibility index (Phi) is 9.18. The van der Waals surface area contributed by atoms with Gasteiger partial charge in [0.1, 0.15) is 73.8 Å². The van der Waals surface area contributed by atoms with Crippen LogP contribution in [0, 0.1) is 0 Å². The molecule has 0 aromatic carbocycles. The average Bonchev–Trinajstić information content (AvgIpc) is 3.08. The molecule has 16 heteroatoms. The fraction of sp³-hybridized carbons (Fsp3) is 1.00. The van der Waals surface area contributed by atoms with E-state index in [1.807, 2.05) is 0 Å². The first-order valence-corrected chi connectivity index (χ1v) is 10.6. The Hall–Kier alpha value is -0.640. The van der Waals surface area contributed by atoms with Crippen LogP contribution in [0.1, 0.15) is 0 Å². The van der Waals surface area contributed by atoms with Crippen molar-refractivity contribution in [3.05, 3.63) is 0 Å². The summed E-state index contributed by atoms with van der Waals surface area (Å²) in [6.45, 7) is -3.45.